The number of hydrogen-bond acceptors (Lipinski definition) is 7. The van der Waals surface area contributed by atoms with Gasteiger partial charge < -0.3 is 10.3 Å². The van der Waals surface area contributed by atoms with Crippen molar-refractivity contribution in [3.63, 3.8) is 0 Å². The van der Waals surface area contributed by atoms with Gasteiger partial charge in [-0.25, -0.2) is 9.67 Å². The largest absolute Gasteiger partial charge is 0.330 e. The molecular weight excluding hydrogens is 464 g/mol. The van der Waals surface area contributed by atoms with Crippen LogP contribution in [0.25, 0.3) is 10.9 Å². The van der Waals surface area contributed by atoms with Gasteiger partial charge in [0.1, 0.15) is 5.82 Å². The molecule has 0 fully saturated rings. The van der Waals surface area contributed by atoms with Crippen LogP contribution in [0.4, 0.5) is 10.8 Å². The van der Waals surface area contributed by atoms with Gasteiger partial charge in [-0.05, 0) is 74.1 Å². The fourth-order valence-corrected chi connectivity index (χ4v) is 4.47. The molecule has 0 bridgehead atoms. The van der Waals surface area contributed by atoms with Crippen molar-refractivity contribution in [2.45, 2.75) is 34.0 Å². The SMILES string of the molecule is CCN(Cc1nc2cc(Cl)ccc2c(=O)[nH]1)Cn1nc(Nc2ccc(C)c(C)c2)sc1=S. The minimum atomic E-state index is -0.178. The molecule has 4 rings (SSSR count). The molecular formula is C22H23ClN6OS2. The molecule has 0 aliphatic rings. The average molecular weight is 487 g/mol. The number of fused-ring (bicyclic) bond motifs is 1. The lowest BCUT2D eigenvalue weighted by molar-refractivity contribution is 0.204. The van der Waals surface area contributed by atoms with Crippen LogP contribution < -0.4 is 10.9 Å². The number of halogens is 1. The smallest absolute Gasteiger partial charge is 0.258 e. The molecule has 0 aliphatic heterocycles. The third kappa shape index (κ3) is 5.07. The minimum absolute atomic E-state index is 0.178. The van der Waals surface area contributed by atoms with E-state index in [1.807, 2.05) is 13.0 Å². The standard InChI is InChI=1S/C22H23ClN6OS2/c1-4-28(11-19-25-18-10-15(23)6-8-17(18)20(30)26-19)12-29-22(31)32-21(27-29)24-16-7-5-13(2)14(3)9-16/h5-10H,4,11-12H2,1-3H3,(H,24,27)(H,25,26,30). The first-order valence-corrected chi connectivity index (χ1v) is 11.8. The number of hydrogen-bond donors (Lipinski definition) is 2. The third-order valence-corrected chi connectivity index (χ3v) is 6.69. The van der Waals surface area contributed by atoms with Crippen molar-refractivity contribution in [1.29, 1.82) is 0 Å². The number of aromatic amines is 1. The number of rotatable bonds is 7. The van der Waals surface area contributed by atoms with E-state index < -0.39 is 0 Å². The Labute approximate surface area is 199 Å². The summed E-state index contributed by atoms with van der Waals surface area (Å²) in [6, 6.07) is 11.3. The van der Waals surface area contributed by atoms with Gasteiger partial charge in [0, 0.05) is 10.7 Å². The summed E-state index contributed by atoms with van der Waals surface area (Å²) in [5, 5.41) is 9.77. The van der Waals surface area contributed by atoms with Crippen LogP contribution in [-0.4, -0.2) is 31.2 Å². The van der Waals surface area contributed by atoms with Gasteiger partial charge in [-0.3, -0.25) is 9.69 Å². The van der Waals surface area contributed by atoms with Crippen LogP contribution in [0.5, 0.6) is 0 Å². The maximum absolute atomic E-state index is 12.4. The van der Waals surface area contributed by atoms with Crippen molar-refractivity contribution < 1.29 is 0 Å². The lowest BCUT2D eigenvalue weighted by Gasteiger charge is -2.19. The van der Waals surface area contributed by atoms with Crippen LogP contribution in [-0.2, 0) is 13.2 Å². The number of aromatic nitrogens is 4. The summed E-state index contributed by atoms with van der Waals surface area (Å²) < 4.78 is 2.45. The molecule has 0 saturated carbocycles. The molecule has 0 radical (unpaired) electrons. The average Bonchev–Trinajstić information content (AvgIpc) is 3.08. The summed E-state index contributed by atoms with van der Waals surface area (Å²) in [5.74, 6) is 0.571. The molecule has 7 nitrogen and oxygen atoms in total. The Morgan fingerprint density at radius 3 is 2.78 bits per heavy atom. The van der Waals surface area contributed by atoms with Gasteiger partial charge in [0.25, 0.3) is 5.56 Å². The van der Waals surface area contributed by atoms with E-state index >= 15 is 0 Å². The molecule has 166 valence electrons. The van der Waals surface area contributed by atoms with E-state index in [9.17, 15) is 4.79 Å². The van der Waals surface area contributed by atoms with E-state index in [0.29, 0.717) is 38.9 Å². The first kappa shape index (κ1) is 22.6. The van der Waals surface area contributed by atoms with Crippen molar-refractivity contribution >= 4 is 56.9 Å². The monoisotopic (exact) mass is 486 g/mol. The molecule has 2 N–H and O–H groups in total. The number of H-pyrrole nitrogens is 1. The quantitative estimate of drug-likeness (QED) is 0.340. The van der Waals surface area contributed by atoms with Gasteiger partial charge in [-0.2, -0.15) is 0 Å². The lowest BCUT2D eigenvalue weighted by atomic mass is 10.1. The van der Waals surface area contributed by atoms with Crippen LogP contribution >= 0.6 is 35.2 Å². The van der Waals surface area contributed by atoms with Crippen molar-refractivity contribution in [3.8, 4) is 0 Å². The zero-order chi connectivity index (χ0) is 22.8. The van der Waals surface area contributed by atoms with Crippen LogP contribution in [0.15, 0.2) is 41.2 Å². The molecule has 0 amide bonds. The van der Waals surface area contributed by atoms with Crippen molar-refractivity contribution in [2.75, 3.05) is 11.9 Å². The van der Waals surface area contributed by atoms with Crippen molar-refractivity contribution in [1.82, 2.24) is 24.6 Å². The van der Waals surface area contributed by atoms with Crippen molar-refractivity contribution in [2.24, 2.45) is 0 Å². The number of aryl methyl sites for hydroxylation is 2. The van der Waals surface area contributed by atoms with Crippen LogP contribution in [0.3, 0.4) is 0 Å². The summed E-state index contributed by atoms with van der Waals surface area (Å²) >= 11 is 13.0. The van der Waals surface area contributed by atoms with Crippen LogP contribution in [0.1, 0.15) is 23.9 Å². The van der Waals surface area contributed by atoms with E-state index in [1.165, 1.54) is 22.5 Å². The second-order valence-corrected chi connectivity index (χ2v) is 9.62. The highest BCUT2D eigenvalue weighted by atomic mass is 35.5. The van der Waals surface area contributed by atoms with Gasteiger partial charge in [-0.15, -0.1) is 5.10 Å². The molecule has 0 spiro atoms. The van der Waals surface area contributed by atoms with E-state index in [-0.39, 0.29) is 5.56 Å². The van der Waals surface area contributed by atoms with Gasteiger partial charge in [0.2, 0.25) is 5.13 Å². The second-order valence-electron chi connectivity index (χ2n) is 7.56. The third-order valence-electron chi connectivity index (χ3n) is 5.24. The predicted octanol–water partition coefficient (Wildman–Crippen LogP) is 5.40. The van der Waals surface area contributed by atoms with Gasteiger partial charge >= 0.3 is 0 Å². The predicted molar refractivity (Wildman–Crippen MR) is 134 cm³/mol. The van der Waals surface area contributed by atoms with E-state index in [1.54, 1.807) is 22.9 Å². The topological polar surface area (TPSA) is 78.8 Å². The highest BCUT2D eigenvalue weighted by molar-refractivity contribution is 7.73. The van der Waals surface area contributed by atoms with E-state index in [2.05, 4.69) is 51.3 Å². The Balaban J connectivity index is 1.51. The summed E-state index contributed by atoms with van der Waals surface area (Å²) in [7, 11) is 0. The van der Waals surface area contributed by atoms with Gasteiger partial charge in [0.15, 0.2) is 3.95 Å². The Morgan fingerprint density at radius 2 is 2.03 bits per heavy atom. The molecule has 2 heterocycles. The fraction of sp³-hybridized carbons (Fsp3) is 0.273. The number of benzene rings is 2. The summed E-state index contributed by atoms with van der Waals surface area (Å²) in [6.07, 6.45) is 0. The lowest BCUT2D eigenvalue weighted by Crippen LogP contribution is -2.28. The second kappa shape index (κ2) is 9.50. The maximum atomic E-state index is 12.4. The number of nitrogens with zero attached hydrogens (tertiary/aromatic N) is 4. The minimum Gasteiger partial charge on any atom is -0.330 e. The summed E-state index contributed by atoms with van der Waals surface area (Å²) in [6.45, 7) is 7.88. The molecule has 10 heteroatoms. The maximum Gasteiger partial charge on any atom is 0.258 e. The number of nitrogens with one attached hydrogen (secondary N) is 2. The summed E-state index contributed by atoms with van der Waals surface area (Å²) in [5.41, 5.74) is 3.84. The van der Waals surface area contributed by atoms with Crippen LogP contribution in [0, 0.1) is 17.8 Å². The molecule has 2 aromatic heterocycles. The zero-order valence-corrected chi connectivity index (χ0v) is 20.4. The van der Waals surface area contributed by atoms with Crippen LogP contribution in [0.2, 0.25) is 5.02 Å². The Hall–Kier alpha value is -2.59. The zero-order valence-electron chi connectivity index (χ0n) is 18.0. The van der Waals surface area contributed by atoms with Crippen molar-refractivity contribution in [3.05, 3.63) is 72.7 Å². The molecule has 0 atom stereocenters. The first-order chi connectivity index (χ1) is 15.3. The number of anilines is 2. The molecule has 0 saturated heterocycles. The first-order valence-electron chi connectivity index (χ1n) is 10.2. The molecule has 2 aromatic carbocycles. The Bertz CT molecular complexity index is 1390. The molecule has 0 aliphatic carbocycles. The Morgan fingerprint density at radius 1 is 1.22 bits per heavy atom. The van der Waals surface area contributed by atoms with Gasteiger partial charge in [0.05, 0.1) is 24.1 Å². The normalized spacial score (nSPS) is 11.4. The highest BCUT2D eigenvalue weighted by Gasteiger charge is 2.12. The van der Waals surface area contributed by atoms with E-state index in [0.717, 1.165) is 17.4 Å². The summed E-state index contributed by atoms with van der Waals surface area (Å²) in [4.78, 5) is 22.0. The molecule has 4 aromatic rings. The molecule has 32 heavy (non-hydrogen) atoms. The van der Waals surface area contributed by atoms with E-state index in [4.69, 9.17) is 23.8 Å². The Kier molecular flexibility index (Phi) is 6.71. The fourth-order valence-electron chi connectivity index (χ4n) is 3.29. The molecule has 0 unspecified atom stereocenters. The highest BCUT2D eigenvalue weighted by Crippen LogP contribution is 2.22. The van der Waals surface area contributed by atoms with Gasteiger partial charge in [-0.1, -0.05) is 35.9 Å².